The van der Waals surface area contributed by atoms with E-state index in [9.17, 15) is 13.2 Å². The van der Waals surface area contributed by atoms with E-state index in [1.54, 1.807) is 25.2 Å². The van der Waals surface area contributed by atoms with E-state index in [1.165, 1.54) is 4.90 Å². The number of halogens is 1. The molecule has 0 bridgehead atoms. The highest BCUT2D eigenvalue weighted by molar-refractivity contribution is 9.10. The molecular weight excluding hydrogens is 332 g/mol. The number of carbonyl (C=O) groups excluding carboxylic acids is 1. The largest absolute Gasteiger partial charge is 0.398 e. The maximum atomic E-state index is 12.3. The van der Waals surface area contributed by atoms with E-state index in [1.807, 2.05) is 0 Å². The third-order valence-corrected chi connectivity index (χ3v) is 5.76. The molecule has 0 aromatic heterocycles. The number of hydrogen-bond acceptors (Lipinski definition) is 4. The van der Waals surface area contributed by atoms with E-state index in [4.69, 9.17) is 5.73 Å². The van der Waals surface area contributed by atoms with Crippen LogP contribution in [0.1, 0.15) is 16.8 Å². The number of nitrogen functional groups attached to an aromatic ring is 1. The van der Waals surface area contributed by atoms with E-state index in [0.29, 0.717) is 22.1 Å². The third kappa shape index (κ3) is 3.09. The topological polar surface area (TPSA) is 80.5 Å². The summed E-state index contributed by atoms with van der Waals surface area (Å²) in [5.74, 6) is 0.00865. The lowest BCUT2D eigenvalue weighted by molar-refractivity contribution is 0.0747. The summed E-state index contributed by atoms with van der Waals surface area (Å²) < 4.78 is 23.5. The molecule has 0 aliphatic carbocycles. The Hall–Kier alpha value is -1.08. The van der Waals surface area contributed by atoms with Crippen LogP contribution < -0.4 is 5.73 Å². The van der Waals surface area contributed by atoms with Gasteiger partial charge in [-0.1, -0.05) is 0 Å². The average molecular weight is 347 g/mol. The standard InChI is InChI=1S/C12H15BrN2O3S/c1-15(9-4-5-19(17,18)7-9)12(16)8-2-3-11(14)10(13)6-8/h2-3,6,9H,4-5,7,14H2,1H3. The summed E-state index contributed by atoms with van der Waals surface area (Å²) in [5, 5.41) is 0. The van der Waals surface area contributed by atoms with Gasteiger partial charge in [-0.3, -0.25) is 4.79 Å². The van der Waals surface area contributed by atoms with Crippen molar-refractivity contribution in [1.29, 1.82) is 0 Å². The Labute approximate surface area is 120 Å². The molecule has 1 heterocycles. The summed E-state index contributed by atoms with van der Waals surface area (Å²) in [6, 6.07) is 4.70. The number of nitrogens with zero attached hydrogens (tertiary/aromatic N) is 1. The van der Waals surface area contributed by atoms with Crippen LogP contribution in [0, 0.1) is 0 Å². The highest BCUT2D eigenvalue weighted by Crippen LogP contribution is 2.23. The Morgan fingerprint density at radius 2 is 2.16 bits per heavy atom. The average Bonchev–Trinajstić information content (AvgIpc) is 2.71. The van der Waals surface area contributed by atoms with Crippen LogP contribution in [0.3, 0.4) is 0 Å². The maximum Gasteiger partial charge on any atom is 0.253 e. The fourth-order valence-electron chi connectivity index (χ4n) is 2.11. The van der Waals surface area contributed by atoms with Gasteiger partial charge in [-0.25, -0.2) is 8.42 Å². The fourth-order valence-corrected chi connectivity index (χ4v) is 4.26. The Morgan fingerprint density at radius 3 is 2.68 bits per heavy atom. The van der Waals surface area contributed by atoms with Crippen LogP contribution in [0.2, 0.25) is 0 Å². The lowest BCUT2D eigenvalue weighted by atomic mass is 10.1. The number of amides is 1. The number of sulfone groups is 1. The van der Waals surface area contributed by atoms with Crippen molar-refractivity contribution in [3.63, 3.8) is 0 Å². The van der Waals surface area contributed by atoms with Crippen molar-refractivity contribution in [2.24, 2.45) is 0 Å². The molecule has 1 fully saturated rings. The van der Waals surface area contributed by atoms with Crippen LogP contribution in [-0.4, -0.2) is 43.8 Å². The molecule has 1 saturated heterocycles. The quantitative estimate of drug-likeness (QED) is 0.818. The first-order chi connectivity index (χ1) is 8.80. The second kappa shape index (κ2) is 5.13. The summed E-state index contributed by atoms with van der Waals surface area (Å²) in [7, 11) is -1.36. The Balaban J connectivity index is 2.17. The molecular formula is C12H15BrN2O3S. The second-order valence-electron chi connectivity index (χ2n) is 4.71. The highest BCUT2D eigenvalue weighted by atomic mass is 79.9. The molecule has 1 aromatic carbocycles. The molecule has 1 aromatic rings. The number of nitrogens with two attached hydrogens (primary N) is 1. The van der Waals surface area contributed by atoms with Gasteiger partial charge in [-0.15, -0.1) is 0 Å². The van der Waals surface area contributed by atoms with Gasteiger partial charge in [-0.2, -0.15) is 0 Å². The van der Waals surface area contributed by atoms with Crippen molar-refractivity contribution in [3.8, 4) is 0 Å². The van der Waals surface area contributed by atoms with Gasteiger partial charge >= 0.3 is 0 Å². The van der Waals surface area contributed by atoms with Crippen molar-refractivity contribution in [3.05, 3.63) is 28.2 Å². The molecule has 5 nitrogen and oxygen atoms in total. The first-order valence-electron chi connectivity index (χ1n) is 5.83. The molecule has 1 aliphatic heterocycles. The number of benzene rings is 1. The Morgan fingerprint density at radius 1 is 1.47 bits per heavy atom. The summed E-state index contributed by atoms with van der Waals surface area (Å²) in [4.78, 5) is 13.8. The van der Waals surface area contributed by atoms with Crippen molar-refractivity contribution >= 4 is 37.4 Å². The van der Waals surface area contributed by atoms with E-state index < -0.39 is 9.84 Å². The van der Waals surface area contributed by atoms with Crippen LogP contribution in [0.25, 0.3) is 0 Å². The van der Waals surface area contributed by atoms with E-state index >= 15 is 0 Å². The molecule has 104 valence electrons. The molecule has 1 unspecified atom stereocenters. The van der Waals surface area contributed by atoms with Gasteiger partial charge in [0.1, 0.15) is 0 Å². The van der Waals surface area contributed by atoms with E-state index in [2.05, 4.69) is 15.9 Å². The number of rotatable bonds is 2. The molecule has 1 amide bonds. The molecule has 7 heteroatoms. The molecule has 1 atom stereocenters. The van der Waals surface area contributed by atoms with Gasteiger partial charge in [0, 0.05) is 28.8 Å². The predicted molar refractivity (Wildman–Crippen MR) is 77.7 cm³/mol. The van der Waals surface area contributed by atoms with Gasteiger partial charge in [0.25, 0.3) is 5.91 Å². The first-order valence-corrected chi connectivity index (χ1v) is 8.44. The molecule has 0 saturated carbocycles. The smallest absolute Gasteiger partial charge is 0.253 e. The lowest BCUT2D eigenvalue weighted by Gasteiger charge is -2.23. The minimum absolute atomic E-state index is 0.0470. The summed E-state index contributed by atoms with van der Waals surface area (Å²) in [6.07, 6.45) is 0.501. The van der Waals surface area contributed by atoms with Crippen molar-refractivity contribution < 1.29 is 13.2 Å². The van der Waals surface area contributed by atoms with Gasteiger partial charge in [0.05, 0.1) is 11.5 Å². The van der Waals surface area contributed by atoms with Crippen LogP contribution in [0.15, 0.2) is 22.7 Å². The summed E-state index contributed by atoms with van der Waals surface area (Å²) >= 11 is 3.27. The lowest BCUT2D eigenvalue weighted by Crippen LogP contribution is -2.37. The van der Waals surface area contributed by atoms with E-state index in [-0.39, 0.29) is 23.5 Å². The van der Waals surface area contributed by atoms with Gasteiger partial charge < -0.3 is 10.6 Å². The van der Waals surface area contributed by atoms with Gasteiger partial charge in [0.15, 0.2) is 9.84 Å². The van der Waals surface area contributed by atoms with Crippen LogP contribution in [-0.2, 0) is 9.84 Å². The van der Waals surface area contributed by atoms with Crippen LogP contribution in [0.4, 0.5) is 5.69 Å². The number of carbonyl (C=O) groups is 1. The zero-order chi connectivity index (χ0) is 14.2. The normalized spacial score (nSPS) is 21.3. The number of anilines is 1. The van der Waals surface area contributed by atoms with Crippen LogP contribution >= 0.6 is 15.9 Å². The zero-order valence-electron chi connectivity index (χ0n) is 10.5. The first kappa shape index (κ1) is 14.3. The second-order valence-corrected chi connectivity index (χ2v) is 7.79. The SMILES string of the molecule is CN(C(=O)c1ccc(N)c(Br)c1)C1CCS(=O)(=O)C1. The van der Waals surface area contributed by atoms with Gasteiger partial charge in [0.2, 0.25) is 0 Å². The molecule has 2 N–H and O–H groups in total. The highest BCUT2D eigenvalue weighted by Gasteiger charge is 2.33. The van der Waals surface area contributed by atoms with Crippen molar-refractivity contribution in [2.45, 2.75) is 12.5 Å². The molecule has 0 spiro atoms. The number of hydrogen-bond donors (Lipinski definition) is 1. The molecule has 0 radical (unpaired) electrons. The molecule has 2 rings (SSSR count). The minimum Gasteiger partial charge on any atom is -0.398 e. The summed E-state index contributed by atoms with van der Waals surface area (Å²) in [5.41, 5.74) is 6.72. The van der Waals surface area contributed by atoms with Crippen molar-refractivity contribution in [2.75, 3.05) is 24.3 Å². The molecule has 1 aliphatic rings. The Kier molecular flexibility index (Phi) is 3.87. The monoisotopic (exact) mass is 346 g/mol. The summed E-state index contributed by atoms with van der Waals surface area (Å²) in [6.45, 7) is 0. The third-order valence-electron chi connectivity index (χ3n) is 3.32. The van der Waals surface area contributed by atoms with Crippen molar-refractivity contribution in [1.82, 2.24) is 4.90 Å². The predicted octanol–water partition coefficient (Wildman–Crippen LogP) is 1.29. The van der Waals surface area contributed by atoms with Gasteiger partial charge in [-0.05, 0) is 40.5 Å². The molecule has 19 heavy (non-hydrogen) atoms. The minimum atomic E-state index is -2.99. The zero-order valence-corrected chi connectivity index (χ0v) is 12.9. The van der Waals surface area contributed by atoms with Crippen LogP contribution in [0.5, 0.6) is 0 Å². The maximum absolute atomic E-state index is 12.3. The fraction of sp³-hybridized carbons (Fsp3) is 0.417. The Bertz CT molecular complexity index is 615. The van der Waals surface area contributed by atoms with E-state index in [0.717, 1.165) is 0 Å².